The topological polar surface area (TPSA) is 66.8 Å². The second kappa shape index (κ2) is 7.23. The fourth-order valence-electron chi connectivity index (χ4n) is 3.78. The molecule has 2 heterocycles. The number of carbonyl (C=O) groups excluding carboxylic acids is 1. The summed E-state index contributed by atoms with van der Waals surface area (Å²) in [5.41, 5.74) is 0.399. The minimum absolute atomic E-state index is 0.0547. The molecule has 0 aromatic heterocycles. The van der Waals surface area contributed by atoms with E-state index in [0.717, 1.165) is 16.5 Å². The third kappa shape index (κ3) is 3.35. The van der Waals surface area contributed by atoms with E-state index in [0.29, 0.717) is 45.6 Å². The molecule has 6 heteroatoms. The summed E-state index contributed by atoms with van der Waals surface area (Å²) >= 11 is 3.44. The third-order valence-corrected chi connectivity index (χ3v) is 5.74. The molecule has 1 atom stereocenters. The lowest BCUT2D eigenvalue weighted by Crippen LogP contribution is -2.53. The maximum atomic E-state index is 13.4. The normalized spacial score (nSPS) is 23.7. The van der Waals surface area contributed by atoms with Crippen LogP contribution in [0.5, 0.6) is 0 Å². The van der Waals surface area contributed by atoms with Gasteiger partial charge in [-0.15, -0.1) is 0 Å². The van der Waals surface area contributed by atoms with Crippen LogP contribution in [0.4, 0.5) is 0 Å². The SMILES string of the molecule is O=C(O)C1CCCN(C(=O)C2(c3ccc(Br)cc3)CCOCC2)C1. The Hall–Kier alpha value is -1.40. The lowest BCUT2D eigenvalue weighted by Gasteiger charge is -2.42. The van der Waals surface area contributed by atoms with Gasteiger partial charge in [-0.1, -0.05) is 28.1 Å². The highest BCUT2D eigenvalue weighted by Gasteiger charge is 2.45. The number of amides is 1. The molecule has 24 heavy (non-hydrogen) atoms. The largest absolute Gasteiger partial charge is 0.481 e. The lowest BCUT2D eigenvalue weighted by molar-refractivity contribution is -0.149. The van der Waals surface area contributed by atoms with Crippen molar-refractivity contribution in [2.24, 2.45) is 5.92 Å². The standard InChI is InChI=1S/C18H22BrNO4/c19-15-5-3-14(4-6-15)18(7-10-24-11-8-18)17(23)20-9-1-2-13(12-20)16(21)22/h3-6,13H,1-2,7-12H2,(H,21,22). The molecule has 1 N–H and O–H groups in total. The lowest BCUT2D eigenvalue weighted by atomic mass is 9.72. The fraction of sp³-hybridized carbons (Fsp3) is 0.556. The first-order valence-corrected chi connectivity index (χ1v) is 9.18. The molecule has 1 amide bonds. The molecule has 5 nitrogen and oxygen atoms in total. The smallest absolute Gasteiger partial charge is 0.308 e. The molecule has 2 fully saturated rings. The van der Waals surface area contributed by atoms with Gasteiger partial charge in [0.15, 0.2) is 0 Å². The molecular weight excluding hydrogens is 374 g/mol. The Morgan fingerprint density at radius 3 is 2.50 bits per heavy atom. The van der Waals surface area contributed by atoms with Gasteiger partial charge in [0.1, 0.15) is 0 Å². The number of benzene rings is 1. The monoisotopic (exact) mass is 395 g/mol. The van der Waals surface area contributed by atoms with Crippen LogP contribution < -0.4 is 0 Å². The molecule has 1 aromatic rings. The molecule has 0 spiro atoms. The Balaban J connectivity index is 1.89. The van der Waals surface area contributed by atoms with E-state index in [9.17, 15) is 14.7 Å². The number of hydrogen-bond acceptors (Lipinski definition) is 3. The minimum atomic E-state index is -0.808. The molecule has 130 valence electrons. The number of ether oxygens (including phenoxy) is 1. The van der Waals surface area contributed by atoms with Crippen molar-refractivity contribution in [1.29, 1.82) is 0 Å². The van der Waals surface area contributed by atoms with Crippen LogP contribution in [0.25, 0.3) is 0 Å². The van der Waals surface area contributed by atoms with Crippen LogP contribution in [0.15, 0.2) is 28.7 Å². The third-order valence-electron chi connectivity index (χ3n) is 5.21. The van der Waals surface area contributed by atoms with Crippen LogP contribution in [0, 0.1) is 5.92 Å². The second-order valence-corrected chi connectivity index (χ2v) is 7.55. The second-order valence-electron chi connectivity index (χ2n) is 6.63. The van der Waals surface area contributed by atoms with Crippen molar-refractivity contribution >= 4 is 27.8 Å². The van der Waals surface area contributed by atoms with Crippen LogP contribution in [0.1, 0.15) is 31.2 Å². The highest BCUT2D eigenvalue weighted by atomic mass is 79.9. The Morgan fingerprint density at radius 1 is 1.21 bits per heavy atom. The van der Waals surface area contributed by atoms with E-state index in [1.807, 2.05) is 24.3 Å². The van der Waals surface area contributed by atoms with E-state index < -0.39 is 17.3 Å². The van der Waals surface area contributed by atoms with E-state index in [4.69, 9.17) is 4.74 Å². The van der Waals surface area contributed by atoms with E-state index in [1.54, 1.807) is 4.90 Å². The first-order chi connectivity index (χ1) is 11.5. The summed E-state index contributed by atoms with van der Waals surface area (Å²) in [7, 11) is 0. The Bertz CT molecular complexity index is 610. The molecule has 2 saturated heterocycles. The van der Waals surface area contributed by atoms with Crippen LogP contribution in [0.3, 0.4) is 0 Å². The molecule has 1 aromatic carbocycles. The van der Waals surface area contributed by atoms with E-state index in [1.165, 1.54) is 0 Å². The molecule has 0 aliphatic carbocycles. The van der Waals surface area contributed by atoms with Gasteiger partial charge in [-0.25, -0.2) is 0 Å². The zero-order valence-corrected chi connectivity index (χ0v) is 15.1. The first kappa shape index (κ1) is 17.4. The maximum Gasteiger partial charge on any atom is 0.308 e. The van der Waals surface area contributed by atoms with Gasteiger partial charge in [0, 0.05) is 30.8 Å². The molecule has 2 aliphatic heterocycles. The summed E-state index contributed by atoms with van der Waals surface area (Å²) in [4.78, 5) is 26.5. The van der Waals surface area contributed by atoms with E-state index >= 15 is 0 Å². The van der Waals surface area contributed by atoms with Crippen molar-refractivity contribution < 1.29 is 19.4 Å². The summed E-state index contributed by atoms with van der Waals surface area (Å²) in [6, 6.07) is 7.89. The number of hydrogen-bond donors (Lipinski definition) is 1. The zero-order valence-electron chi connectivity index (χ0n) is 13.5. The van der Waals surface area contributed by atoms with Gasteiger partial charge in [-0.05, 0) is 43.4 Å². The Labute approximate surface area is 150 Å². The average molecular weight is 396 g/mol. The summed E-state index contributed by atoms with van der Waals surface area (Å²) in [6.45, 7) is 2.06. The molecule has 3 rings (SSSR count). The van der Waals surface area contributed by atoms with Crippen molar-refractivity contribution in [2.75, 3.05) is 26.3 Å². The van der Waals surface area contributed by atoms with E-state index in [-0.39, 0.29) is 5.91 Å². The highest BCUT2D eigenvalue weighted by Crippen LogP contribution is 2.38. The van der Waals surface area contributed by atoms with Crippen LogP contribution in [0.2, 0.25) is 0 Å². The van der Waals surface area contributed by atoms with Gasteiger partial charge < -0.3 is 14.7 Å². The first-order valence-electron chi connectivity index (χ1n) is 8.39. The number of aliphatic carboxylic acids is 1. The van der Waals surface area contributed by atoms with Gasteiger partial charge in [0.25, 0.3) is 0 Å². The van der Waals surface area contributed by atoms with Crippen LogP contribution in [-0.2, 0) is 19.7 Å². The molecule has 1 unspecified atom stereocenters. The number of carboxylic acid groups (broad SMARTS) is 1. The highest BCUT2D eigenvalue weighted by molar-refractivity contribution is 9.10. The number of carbonyl (C=O) groups is 2. The quantitative estimate of drug-likeness (QED) is 0.854. The molecule has 0 saturated carbocycles. The van der Waals surface area contributed by atoms with Gasteiger partial charge >= 0.3 is 5.97 Å². The number of halogens is 1. The van der Waals surface area contributed by atoms with Crippen molar-refractivity contribution in [3.8, 4) is 0 Å². The van der Waals surface area contributed by atoms with Gasteiger partial charge in [-0.2, -0.15) is 0 Å². The summed E-state index contributed by atoms with van der Waals surface area (Å²) in [6.07, 6.45) is 2.67. The Morgan fingerprint density at radius 2 is 1.88 bits per heavy atom. The molecule has 0 radical (unpaired) electrons. The summed E-state index contributed by atoms with van der Waals surface area (Å²) in [5.74, 6) is -1.21. The van der Waals surface area contributed by atoms with Gasteiger partial charge in [0.05, 0.1) is 11.3 Å². The predicted octanol–water partition coefficient (Wildman–Crippen LogP) is 2.82. The Kier molecular flexibility index (Phi) is 5.25. The maximum absolute atomic E-state index is 13.4. The van der Waals surface area contributed by atoms with Gasteiger partial charge in [0.2, 0.25) is 5.91 Å². The molecule has 0 bridgehead atoms. The van der Waals surface area contributed by atoms with Gasteiger partial charge in [-0.3, -0.25) is 9.59 Å². The number of piperidine rings is 1. The molecular formula is C18H22BrNO4. The summed E-state index contributed by atoms with van der Waals surface area (Å²) in [5, 5.41) is 9.30. The number of likely N-dealkylation sites (tertiary alicyclic amines) is 1. The van der Waals surface area contributed by atoms with Crippen LogP contribution in [-0.4, -0.2) is 48.2 Å². The van der Waals surface area contributed by atoms with Crippen molar-refractivity contribution in [2.45, 2.75) is 31.1 Å². The number of carboxylic acids is 1. The number of nitrogens with zero attached hydrogens (tertiary/aromatic N) is 1. The minimum Gasteiger partial charge on any atom is -0.481 e. The van der Waals surface area contributed by atoms with Crippen molar-refractivity contribution in [1.82, 2.24) is 4.90 Å². The number of rotatable bonds is 3. The van der Waals surface area contributed by atoms with Crippen molar-refractivity contribution in [3.05, 3.63) is 34.3 Å². The van der Waals surface area contributed by atoms with E-state index in [2.05, 4.69) is 15.9 Å². The average Bonchev–Trinajstić information content (AvgIpc) is 2.62. The van der Waals surface area contributed by atoms with Crippen molar-refractivity contribution in [3.63, 3.8) is 0 Å². The fourth-order valence-corrected chi connectivity index (χ4v) is 4.04. The van der Waals surface area contributed by atoms with Crippen LogP contribution >= 0.6 is 15.9 Å². The summed E-state index contributed by atoms with van der Waals surface area (Å²) < 4.78 is 6.47. The molecule has 2 aliphatic rings. The zero-order chi connectivity index (χ0) is 17.2. The predicted molar refractivity (Wildman–Crippen MR) is 92.8 cm³/mol.